The molecule has 0 aromatic carbocycles. The standard InChI is InChI=1S/C8H13N/c1-4-8-6(2)5-9-7(8)3/h5,7H,4H2,1-3H3. The van der Waals surface area contributed by atoms with Crippen LogP contribution in [0.1, 0.15) is 27.2 Å². The maximum Gasteiger partial charge on any atom is 0.0687 e. The van der Waals surface area contributed by atoms with Crippen LogP contribution in [-0.2, 0) is 0 Å². The van der Waals surface area contributed by atoms with Crippen molar-refractivity contribution < 1.29 is 0 Å². The molecule has 1 heteroatoms. The molecule has 0 aromatic heterocycles. The van der Waals surface area contributed by atoms with Gasteiger partial charge >= 0.3 is 0 Å². The number of hydrogen-bond donors (Lipinski definition) is 0. The third-order valence-corrected chi connectivity index (χ3v) is 1.88. The van der Waals surface area contributed by atoms with Gasteiger partial charge in [-0.15, -0.1) is 0 Å². The molecule has 1 unspecified atom stereocenters. The maximum atomic E-state index is 4.27. The van der Waals surface area contributed by atoms with Crippen LogP contribution in [0, 0.1) is 0 Å². The molecule has 1 heterocycles. The third-order valence-electron chi connectivity index (χ3n) is 1.88. The Morgan fingerprint density at radius 1 is 1.67 bits per heavy atom. The second-order valence-electron chi connectivity index (χ2n) is 2.52. The van der Waals surface area contributed by atoms with Crippen molar-refractivity contribution in [1.82, 2.24) is 0 Å². The molecule has 1 aliphatic heterocycles. The van der Waals surface area contributed by atoms with E-state index in [0.717, 1.165) is 6.42 Å². The molecule has 0 radical (unpaired) electrons. The molecule has 1 atom stereocenters. The fourth-order valence-corrected chi connectivity index (χ4v) is 1.30. The van der Waals surface area contributed by atoms with Crippen LogP contribution in [-0.4, -0.2) is 12.3 Å². The van der Waals surface area contributed by atoms with E-state index >= 15 is 0 Å². The van der Waals surface area contributed by atoms with E-state index in [2.05, 4.69) is 25.8 Å². The lowest BCUT2D eigenvalue weighted by atomic mass is 10.0. The van der Waals surface area contributed by atoms with E-state index in [4.69, 9.17) is 0 Å². The van der Waals surface area contributed by atoms with Gasteiger partial charge in [0.2, 0.25) is 0 Å². The predicted octanol–water partition coefficient (Wildman–Crippen LogP) is 2.19. The lowest BCUT2D eigenvalue weighted by Crippen LogP contribution is -1.97. The summed E-state index contributed by atoms with van der Waals surface area (Å²) < 4.78 is 0. The van der Waals surface area contributed by atoms with Gasteiger partial charge in [-0.05, 0) is 31.4 Å². The third kappa shape index (κ3) is 1.04. The minimum Gasteiger partial charge on any atom is -0.285 e. The smallest absolute Gasteiger partial charge is 0.0687 e. The molecule has 0 amide bonds. The predicted molar refractivity (Wildman–Crippen MR) is 40.9 cm³/mol. The summed E-state index contributed by atoms with van der Waals surface area (Å²) in [4.78, 5) is 4.27. The summed E-state index contributed by atoms with van der Waals surface area (Å²) in [7, 11) is 0. The van der Waals surface area contributed by atoms with Crippen molar-refractivity contribution in [2.45, 2.75) is 33.2 Å². The summed E-state index contributed by atoms with van der Waals surface area (Å²) in [5.41, 5.74) is 2.86. The van der Waals surface area contributed by atoms with Crippen LogP contribution in [0.5, 0.6) is 0 Å². The second-order valence-corrected chi connectivity index (χ2v) is 2.52. The first-order valence-electron chi connectivity index (χ1n) is 3.48. The lowest BCUT2D eigenvalue weighted by molar-refractivity contribution is 0.832. The van der Waals surface area contributed by atoms with Gasteiger partial charge < -0.3 is 0 Å². The molecule has 0 fully saturated rings. The van der Waals surface area contributed by atoms with E-state index in [1.807, 2.05) is 6.21 Å². The number of rotatable bonds is 1. The molecule has 0 bridgehead atoms. The van der Waals surface area contributed by atoms with Crippen LogP contribution >= 0.6 is 0 Å². The summed E-state index contributed by atoms with van der Waals surface area (Å²) in [6.07, 6.45) is 3.12. The van der Waals surface area contributed by atoms with Crippen molar-refractivity contribution in [1.29, 1.82) is 0 Å². The SMILES string of the molecule is CCC1=C(C)C=NC1C. The Balaban J connectivity index is 2.79. The highest BCUT2D eigenvalue weighted by Gasteiger charge is 2.11. The first-order valence-corrected chi connectivity index (χ1v) is 3.48. The lowest BCUT2D eigenvalue weighted by Gasteiger charge is -2.03. The molecule has 1 nitrogen and oxygen atoms in total. The van der Waals surface area contributed by atoms with Crippen LogP contribution in [0.2, 0.25) is 0 Å². The zero-order valence-corrected chi connectivity index (χ0v) is 6.31. The zero-order chi connectivity index (χ0) is 6.85. The average molecular weight is 123 g/mol. The van der Waals surface area contributed by atoms with Gasteiger partial charge in [0.1, 0.15) is 0 Å². The highest BCUT2D eigenvalue weighted by molar-refractivity contribution is 5.82. The molecule has 1 aliphatic rings. The highest BCUT2D eigenvalue weighted by Crippen LogP contribution is 2.19. The Hall–Kier alpha value is -0.590. The molecule has 0 aliphatic carbocycles. The van der Waals surface area contributed by atoms with Crippen molar-refractivity contribution in [3.8, 4) is 0 Å². The van der Waals surface area contributed by atoms with Crippen LogP contribution in [0.25, 0.3) is 0 Å². The van der Waals surface area contributed by atoms with Crippen LogP contribution in [0.15, 0.2) is 16.1 Å². The Morgan fingerprint density at radius 3 is 2.56 bits per heavy atom. The van der Waals surface area contributed by atoms with E-state index in [0.29, 0.717) is 6.04 Å². The first kappa shape index (κ1) is 6.53. The van der Waals surface area contributed by atoms with Crippen LogP contribution < -0.4 is 0 Å². The minimum absolute atomic E-state index is 0.454. The fourth-order valence-electron chi connectivity index (χ4n) is 1.30. The van der Waals surface area contributed by atoms with Gasteiger partial charge in [-0.25, -0.2) is 0 Å². The highest BCUT2D eigenvalue weighted by atomic mass is 14.8. The average Bonchev–Trinajstić information content (AvgIpc) is 2.12. The molecule has 50 valence electrons. The quantitative estimate of drug-likeness (QED) is 0.506. The van der Waals surface area contributed by atoms with Gasteiger partial charge in [-0.3, -0.25) is 4.99 Å². The van der Waals surface area contributed by atoms with Gasteiger partial charge in [0.15, 0.2) is 0 Å². The Labute approximate surface area is 56.5 Å². The molecule has 0 saturated heterocycles. The number of allylic oxidation sites excluding steroid dienone is 1. The molecule has 0 aromatic rings. The first-order chi connectivity index (χ1) is 4.25. The van der Waals surface area contributed by atoms with Gasteiger partial charge in [0.25, 0.3) is 0 Å². The van der Waals surface area contributed by atoms with Gasteiger partial charge in [-0.2, -0.15) is 0 Å². The van der Waals surface area contributed by atoms with Gasteiger partial charge in [0.05, 0.1) is 6.04 Å². The van der Waals surface area contributed by atoms with E-state index in [1.165, 1.54) is 11.1 Å². The van der Waals surface area contributed by atoms with Crippen molar-refractivity contribution in [2.24, 2.45) is 4.99 Å². The van der Waals surface area contributed by atoms with Gasteiger partial charge in [0, 0.05) is 6.21 Å². The molecule has 9 heavy (non-hydrogen) atoms. The molecular weight excluding hydrogens is 110 g/mol. The molecule has 1 rings (SSSR count). The summed E-state index contributed by atoms with van der Waals surface area (Å²) >= 11 is 0. The Kier molecular flexibility index (Phi) is 1.70. The molecule has 0 spiro atoms. The topological polar surface area (TPSA) is 12.4 Å². The summed E-state index contributed by atoms with van der Waals surface area (Å²) in [5.74, 6) is 0. The summed E-state index contributed by atoms with van der Waals surface area (Å²) in [5, 5.41) is 0. The molecule has 0 saturated carbocycles. The summed E-state index contributed by atoms with van der Waals surface area (Å²) in [6, 6.07) is 0.454. The van der Waals surface area contributed by atoms with Crippen molar-refractivity contribution >= 4 is 6.21 Å². The second kappa shape index (κ2) is 2.34. The summed E-state index contributed by atoms with van der Waals surface area (Å²) in [6.45, 7) is 6.46. The zero-order valence-electron chi connectivity index (χ0n) is 6.31. The Bertz CT molecular complexity index is 165. The number of hydrogen-bond acceptors (Lipinski definition) is 1. The van der Waals surface area contributed by atoms with E-state index in [9.17, 15) is 0 Å². The van der Waals surface area contributed by atoms with Crippen LogP contribution in [0.3, 0.4) is 0 Å². The van der Waals surface area contributed by atoms with Gasteiger partial charge in [-0.1, -0.05) is 6.92 Å². The number of nitrogens with zero attached hydrogens (tertiary/aromatic N) is 1. The molecule has 0 N–H and O–H groups in total. The van der Waals surface area contributed by atoms with Crippen LogP contribution in [0.4, 0.5) is 0 Å². The molecular formula is C8H13N. The monoisotopic (exact) mass is 123 g/mol. The van der Waals surface area contributed by atoms with E-state index in [-0.39, 0.29) is 0 Å². The van der Waals surface area contributed by atoms with Crippen molar-refractivity contribution in [3.63, 3.8) is 0 Å². The maximum absolute atomic E-state index is 4.27. The normalized spacial score (nSPS) is 25.9. The van der Waals surface area contributed by atoms with Crippen molar-refractivity contribution in [2.75, 3.05) is 0 Å². The van der Waals surface area contributed by atoms with E-state index < -0.39 is 0 Å². The largest absolute Gasteiger partial charge is 0.285 e. The fraction of sp³-hybridized carbons (Fsp3) is 0.625. The van der Waals surface area contributed by atoms with E-state index in [1.54, 1.807) is 0 Å². The van der Waals surface area contributed by atoms with Crippen molar-refractivity contribution in [3.05, 3.63) is 11.1 Å². The number of aliphatic imine (C=N–C) groups is 1. The Morgan fingerprint density at radius 2 is 2.33 bits per heavy atom. The minimum atomic E-state index is 0.454.